The Hall–Kier alpha value is -1.26. The molecule has 0 bridgehead atoms. The highest BCUT2D eigenvalue weighted by molar-refractivity contribution is 6.30. The Morgan fingerprint density at radius 3 is 2.64 bits per heavy atom. The molecule has 22 heavy (non-hydrogen) atoms. The minimum absolute atomic E-state index is 0.112. The molecule has 0 aliphatic heterocycles. The molecule has 1 N–H and O–H groups in total. The van der Waals surface area contributed by atoms with Crippen LogP contribution < -0.4 is 10.1 Å². The Balaban J connectivity index is 1.69. The van der Waals surface area contributed by atoms with Crippen molar-refractivity contribution in [1.29, 1.82) is 0 Å². The third-order valence-corrected chi connectivity index (χ3v) is 4.52. The van der Waals surface area contributed by atoms with Crippen LogP contribution in [0.3, 0.4) is 0 Å². The molecule has 1 aromatic carbocycles. The number of carbonyl (C=O) groups excluding carboxylic acids is 1. The molecule has 1 atom stereocenters. The van der Waals surface area contributed by atoms with Crippen LogP contribution in [0.25, 0.3) is 0 Å². The first-order valence-corrected chi connectivity index (χ1v) is 8.33. The number of amides is 1. The number of carbonyl (C=O) groups is 1. The first-order chi connectivity index (χ1) is 10.6. The van der Waals surface area contributed by atoms with E-state index >= 15 is 0 Å². The Morgan fingerprint density at radius 2 is 2.00 bits per heavy atom. The second kappa shape index (κ2) is 8.39. The molecule has 4 nitrogen and oxygen atoms in total. The van der Waals surface area contributed by atoms with Gasteiger partial charge in [-0.05, 0) is 51.1 Å². The summed E-state index contributed by atoms with van der Waals surface area (Å²) in [5, 5.41) is 3.83. The van der Waals surface area contributed by atoms with Gasteiger partial charge in [-0.1, -0.05) is 24.4 Å². The molecule has 0 radical (unpaired) electrons. The Morgan fingerprint density at radius 1 is 1.36 bits per heavy atom. The normalized spacial score (nSPS) is 16.7. The zero-order valence-corrected chi connectivity index (χ0v) is 14.1. The van der Waals surface area contributed by atoms with Gasteiger partial charge in [0.25, 0.3) is 0 Å². The van der Waals surface area contributed by atoms with E-state index in [1.165, 1.54) is 12.8 Å². The van der Waals surface area contributed by atoms with Gasteiger partial charge in [0.2, 0.25) is 5.91 Å². The van der Waals surface area contributed by atoms with Crippen LogP contribution in [0.5, 0.6) is 5.75 Å². The zero-order valence-electron chi connectivity index (χ0n) is 13.3. The molecule has 1 fully saturated rings. The molecule has 122 valence electrons. The van der Waals surface area contributed by atoms with E-state index in [2.05, 4.69) is 5.32 Å². The maximum atomic E-state index is 12.2. The van der Waals surface area contributed by atoms with Gasteiger partial charge in [-0.3, -0.25) is 9.69 Å². The van der Waals surface area contributed by atoms with E-state index in [0.717, 1.165) is 18.6 Å². The largest absolute Gasteiger partial charge is 0.492 e. The first-order valence-electron chi connectivity index (χ1n) is 7.95. The van der Waals surface area contributed by atoms with Crippen molar-refractivity contribution < 1.29 is 9.53 Å². The van der Waals surface area contributed by atoms with Gasteiger partial charge in [0, 0.05) is 17.6 Å². The average Bonchev–Trinajstić information content (AvgIpc) is 3.01. The summed E-state index contributed by atoms with van der Waals surface area (Å²) in [6, 6.07) is 7.52. The van der Waals surface area contributed by atoms with E-state index in [9.17, 15) is 4.79 Å². The maximum absolute atomic E-state index is 12.2. The number of likely N-dealkylation sites (N-methyl/N-ethyl adjacent to an activating group) is 1. The van der Waals surface area contributed by atoms with E-state index in [4.69, 9.17) is 16.3 Å². The average molecular weight is 325 g/mol. The van der Waals surface area contributed by atoms with Crippen molar-refractivity contribution in [3.63, 3.8) is 0 Å². The van der Waals surface area contributed by atoms with Gasteiger partial charge in [-0.25, -0.2) is 0 Å². The van der Waals surface area contributed by atoms with E-state index < -0.39 is 0 Å². The summed E-state index contributed by atoms with van der Waals surface area (Å²) in [6.45, 7) is 3.17. The van der Waals surface area contributed by atoms with E-state index in [1.54, 1.807) is 12.1 Å². The zero-order chi connectivity index (χ0) is 15.9. The highest BCUT2D eigenvalue weighted by atomic mass is 35.5. The van der Waals surface area contributed by atoms with Crippen LogP contribution in [-0.2, 0) is 4.79 Å². The minimum atomic E-state index is -0.144. The van der Waals surface area contributed by atoms with Gasteiger partial charge < -0.3 is 10.1 Å². The predicted molar refractivity (Wildman–Crippen MR) is 89.4 cm³/mol. The summed E-state index contributed by atoms with van der Waals surface area (Å²) in [7, 11) is 1.95. The minimum Gasteiger partial charge on any atom is -0.492 e. The summed E-state index contributed by atoms with van der Waals surface area (Å²) in [4.78, 5) is 14.2. The summed E-state index contributed by atoms with van der Waals surface area (Å²) in [6.07, 6.45) is 4.68. The molecule has 1 aliphatic rings. The molecule has 0 unspecified atom stereocenters. The molecule has 5 heteroatoms. The van der Waals surface area contributed by atoms with Crippen LogP contribution in [0.2, 0.25) is 5.02 Å². The number of halogens is 1. The fourth-order valence-electron chi connectivity index (χ4n) is 2.62. The number of nitrogens with zero attached hydrogens (tertiary/aromatic N) is 1. The van der Waals surface area contributed by atoms with Crippen LogP contribution in [-0.4, -0.2) is 43.1 Å². The van der Waals surface area contributed by atoms with Crippen molar-refractivity contribution in [3.05, 3.63) is 29.3 Å². The third-order valence-electron chi connectivity index (χ3n) is 4.27. The lowest BCUT2D eigenvalue weighted by Crippen LogP contribution is -2.47. The van der Waals surface area contributed by atoms with Gasteiger partial charge in [0.05, 0.1) is 6.04 Å². The van der Waals surface area contributed by atoms with E-state index in [-0.39, 0.29) is 11.9 Å². The van der Waals surface area contributed by atoms with Gasteiger partial charge >= 0.3 is 0 Å². The number of hydrogen-bond donors (Lipinski definition) is 1. The van der Waals surface area contributed by atoms with Crippen molar-refractivity contribution in [2.24, 2.45) is 0 Å². The van der Waals surface area contributed by atoms with Crippen molar-refractivity contribution in [1.82, 2.24) is 10.2 Å². The lowest BCUT2D eigenvalue weighted by Gasteiger charge is -2.25. The molecular formula is C17H25ClN2O2. The molecule has 2 rings (SSSR count). The third kappa shape index (κ3) is 5.18. The van der Waals surface area contributed by atoms with Crippen molar-refractivity contribution in [3.8, 4) is 5.75 Å². The van der Waals surface area contributed by atoms with E-state index in [0.29, 0.717) is 24.2 Å². The fraction of sp³-hybridized carbons (Fsp3) is 0.588. The predicted octanol–water partition coefficient (Wildman–Crippen LogP) is 3.10. The lowest BCUT2D eigenvalue weighted by molar-refractivity contribution is -0.126. The monoisotopic (exact) mass is 324 g/mol. The smallest absolute Gasteiger partial charge is 0.237 e. The van der Waals surface area contributed by atoms with Crippen molar-refractivity contribution >= 4 is 17.5 Å². The molecule has 1 aliphatic carbocycles. The quantitative estimate of drug-likeness (QED) is 0.838. The van der Waals surface area contributed by atoms with Gasteiger partial charge in [0.1, 0.15) is 12.4 Å². The van der Waals surface area contributed by atoms with Crippen molar-refractivity contribution in [2.75, 3.05) is 20.2 Å². The standard InChI is InChI=1S/C17H25ClN2O2/c1-13(17(21)19-15-5-3-4-6-15)20(2)11-12-22-16-9-7-14(18)8-10-16/h7-10,13,15H,3-6,11-12H2,1-2H3,(H,19,21)/t13-/m0/s1. The van der Waals surface area contributed by atoms with Gasteiger partial charge in [-0.2, -0.15) is 0 Å². The fourth-order valence-corrected chi connectivity index (χ4v) is 2.75. The Labute approximate surface area is 137 Å². The molecular weight excluding hydrogens is 300 g/mol. The summed E-state index contributed by atoms with van der Waals surface area (Å²) < 4.78 is 5.66. The molecule has 1 aromatic rings. The molecule has 0 heterocycles. The number of ether oxygens (including phenoxy) is 1. The molecule has 1 saturated carbocycles. The summed E-state index contributed by atoms with van der Waals surface area (Å²) in [5.41, 5.74) is 0. The SMILES string of the molecule is C[C@@H](C(=O)NC1CCCC1)N(C)CCOc1ccc(Cl)cc1. The van der Waals surface area contributed by atoms with Crippen LogP contribution in [0.4, 0.5) is 0 Å². The van der Waals surface area contributed by atoms with Crippen LogP contribution in [0.1, 0.15) is 32.6 Å². The van der Waals surface area contributed by atoms with Gasteiger partial charge in [0.15, 0.2) is 0 Å². The highest BCUT2D eigenvalue weighted by Gasteiger charge is 2.22. The second-order valence-corrected chi connectivity index (χ2v) is 6.39. The molecule has 0 aromatic heterocycles. The van der Waals surface area contributed by atoms with Crippen LogP contribution in [0, 0.1) is 0 Å². The topological polar surface area (TPSA) is 41.6 Å². The first kappa shape index (κ1) is 17.1. The maximum Gasteiger partial charge on any atom is 0.237 e. The summed E-state index contributed by atoms with van der Waals surface area (Å²) >= 11 is 5.83. The Kier molecular flexibility index (Phi) is 6.52. The molecule has 0 spiro atoms. The van der Waals surface area contributed by atoms with Crippen LogP contribution >= 0.6 is 11.6 Å². The lowest BCUT2D eigenvalue weighted by atomic mass is 10.2. The number of benzene rings is 1. The van der Waals surface area contributed by atoms with Gasteiger partial charge in [-0.15, -0.1) is 0 Å². The van der Waals surface area contributed by atoms with Crippen molar-refractivity contribution in [2.45, 2.75) is 44.7 Å². The molecule has 0 saturated heterocycles. The number of hydrogen-bond acceptors (Lipinski definition) is 3. The van der Waals surface area contributed by atoms with E-state index in [1.807, 2.05) is 31.0 Å². The number of rotatable bonds is 7. The number of nitrogens with one attached hydrogen (secondary N) is 1. The van der Waals surface area contributed by atoms with Crippen LogP contribution in [0.15, 0.2) is 24.3 Å². The molecule has 1 amide bonds. The highest BCUT2D eigenvalue weighted by Crippen LogP contribution is 2.18. The Bertz CT molecular complexity index is 472. The summed E-state index contributed by atoms with van der Waals surface area (Å²) in [5.74, 6) is 0.904. The second-order valence-electron chi connectivity index (χ2n) is 5.95.